The maximum atomic E-state index is 12.6. The number of amides is 3. The third-order valence-corrected chi connectivity index (χ3v) is 4.25. The SMILES string of the molecule is CC(=O)N1CCCN(C(=O)N2CCCCC2C(=O)O)CC1. The quantitative estimate of drug-likeness (QED) is 0.768. The Bertz CT molecular complexity index is 426. The molecule has 2 aliphatic heterocycles. The molecule has 1 N–H and O–H groups in total. The molecule has 2 fully saturated rings. The van der Waals surface area contributed by atoms with Crippen molar-refractivity contribution in [2.75, 3.05) is 32.7 Å². The van der Waals surface area contributed by atoms with Crippen molar-refractivity contribution in [2.24, 2.45) is 0 Å². The lowest BCUT2D eigenvalue weighted by atomic mass is 10.0. The van der Waals surface area contributed by atoms with Gasteiger partial charge in [0.25, 0.3) is 0 Å². The smallest absolute Gasteiger partial charge is 0.326 e. The number of hydrogen-bond donors (Lipinski definition) is 1. The molecule has 1 unspecified atom stereocenters. The van der Waals surface area contributed by atoms with Crippen LogP contribution in [0.4, 0.5) is 4.79 Å². The molecular weight excluding hydrogens is 274 g/mol. The lowest BCUT2D eigenvalue weighted by Crippen LogP contribution is -2.53. The number of carbonyl (C=O) groups excluding carboxylic acids is 2. The van der Waals surface area contributed by atoms with E-state index in [0.717, 1.165) is 19.3 Å². The van der Waals surface area contributed by atoms with Crippen molar-refractivity contribution in [3.63, 3.8) is 0 Å². The average molecular weight is 297 g/mol. The number of urea groups is 1. The fourth-order valence-corrected chi connectivity index (χ4v) is 3.02. The van der Waals surface area contributed by atoms with Crippen LogP contribution in [-0.2, 0) is 9.59 Å². The Kier molecular flexibility index (Phi) is 5.03. The predicted octanol–water partition coefficient (Wildman–Crippen LogP) is 0.600. The van der Waals surface area contributed by atoms with Gasteiger partial charge in [0.2, 0.25) is 5.91 Å². The predicted molar refractivity (Wildman–Crippen MR) is 75.8 cm³/mol. The van der Waals surface area contributed by atoms with Gasteiger partial charge in [0.1, 0.15) is 6.04 Å². The van der Waals surface area contributed by atoms with E-state index in [2.05, 4.69) is 0 Å². The Morgan fingerprint density at radius 1 is 0.905 bits per heavy atom. The summed E-state index contributed by atoms with van der Waals surface area (Å²) >= 11 is 0. The second-order valence-corrected chi connectivity index (χ2v) is 5.67. The largest absolute Gasteiger partial charge is 0.480 e. The van der Waals surface area contributed by atoms with E-state index in [9.17, 15) is 19.5 Å². The van der Waals surface area contributed by atoms with Crippen LogP contribution in [0.3, 0.4) is 0 Å². The molecule has 2 aliphatic rings. The van der Waals surface area contributed by atoms with Crippen LogP contribution in [0.5, 0.6) is 0 Å². The van der Waals surface area contributed by atoms with Gasteiger partial charge < -0.3 is 19.8 Å². The van der Waals surface area contributed by atoms with Gasteiger partial charge in [-0.05, 0) is 25.7 Å². The number of nitrogens with zero attached hydrogens (tertiary/aromatic N) is 3. The highest BCUT2D eigenvalue weighted by molar-refractivity contribution is 5.83. The van der Waals surface area contributed by atoms with E-state index in [1.165, 1.54) is 11.8 Å². The zero-order valence-electron chi connectivity index (χ0n) is 12.5. The molecule has 0 aliphatic carbocycles. The molecule has 0 radical (unpaired) electrons. The summed E-state index contributed by atoms with van der Waals surface area (Å²) in [5, 5.41) is 9.26. The van der Waals surface area contributed by atoms with Gasteiger partial charge in [-0.25, -0.2) is 9.59 Å². The van der Waals surface area contributed by atoms with E-state index in [1.807, 2.05) is 0 Å². The lowest BCUT2D eigenvalue weighted by Gasteiger charge is -2.36. The number of rotatable bonds is 1. The minimum absolute atomic E-state index is 0.0192. The van der Waals surface area contributed by atoms with Gasteiger partial charge in [-0.15, -0.1) is 0 Å². The summed E-state index contributed by atoms with van der Waals surface area (Å²) in [4.78, 5) is 40.2. The van der Waals surface area contributed by atoms with Crippen molar-refractivity contribution >= 4 is 17.9 Å². The van der Waals surface area contributed by atoms with E-state index in [4.69, 9.17) is 0 Å². The molecule has 3 amide bonds. The zero-order chi connectivity index (χ0) is 15.4. The topological polar surface area (TPSA) is 81.2 Å². The van der Waals surface area contributed by atoms with Crippen molar-refractivity contribution in [3.05, 3.63) is 0 Å². The van der Waals surface area contributed by atoms with Crippen molar-refractivity contribution in [2.45, 2.75) is 38.6 Å². The standard InChI is InChI=1S/C14H23N3O4/c1-11(18)15-6-4-7-16(10-9-15)14(21)17-8-3-2-5-12(17)13(19)20/h12H,2-10H2,1H3,(H,19,20). The molecule has 0 aromatic rings. The highest BCUT2D eigenvalue weighted by atomic mass is 16.4. The third kappa shape index (κ3) is 3.65. The fraction of sp³-hybridized carbons (Fsp3) is 0.786. The Morgan fingerprint density at radius 3 is 2.24 bits per heavy atom. The first kappa shape index (κ1) is 15.6. The van der Waals surface area contributed by atoms with Gasteiger partial charge >= 0.3 is 12.0 Å². The average Bonchev–Trinajstić information content (AvgIpc) is 2.72. The summed E-state index contributed by atoms with van der Waals surface area (Å²) < 4.78 is 0. The number of hydrogen-bond acceptors (Lipinski definition) is 3. The van der Waals surface area contributed by atoms with Crippen LogP contribution in [-0.4, -0.2) is 76.5 Å². The van der Waals surface area contributed by atoms with Gasteiger partial charge in [0.05, 0.1) is 0 Å². The van der Waals surface area contributed by atoms with Gasteiger partial charge in [-0.2, -0.15) is 0 Å². The van der Waals surface area contributed by atoms with Crippen LogP contribution in [0.2, 0.25) is 0 Å². The second kappa shape index (κ2) is 6.78. The van der Waals surface area contributed by atoms with Crippen LogP contribution >= 0.6 is 0 Å². The maximum absolute atomic E-state index is 12.6. The van der Waals surface area contributed by atoms with E-state index in [0.29, 0.717) is 39.1 Å². The lowest BCUT2D eigenvalue weighted by molar-refractivity contribution is -0.143. The van der Waals surface area contributed by atoms with Crippen molar-refractivity contribution < 1.29 is 19.5 Å². The molecule has 21 heavy (non-hydrogen) atoms. The summed E-state index contributed by atoms with van der Waals surface area (Å²) in [6.45, 7) is 4.26. The molecule has 0 saturated carbocycles. The first-order valence-electron chi connectivity index (χ1n) is 7.54. The fourth-order valence-electron chi connectivity index (χ4n) is 3.02. The Hall–Kier alpha value is -1.79. The van der Waals surface area contributed by atoms with Crippen molar-refractivity contribution in [3.8, 4) is 0 Å². The van der Waals surface area contributed by atoms with E-state index in [-0.39, 0.29) is 11.9 Å². The van der Waals surface area contributed by atoms with Crippen LogP contribution in [0.15, 0.2) is 0 Å². The van der Waals surface area contributed by atoms with Crippen LogP contribution in [0.1, 0.15) is 32.6 Å². The molecule has 0 aromatic heterocycles. The third-order valence-electron chi connectivity index (χ3n) is 4.25. The molecule has 118 valence electrons. The van der Waals surface area contributed by atoms with Crippen molar-refractivity contribution in [1.29, 1.82) is 0 Å². The highest BCUT2D eigenvalue weighted by Gasteiger charge is 2.34. The van der Waals surface area contributed by atoms with E-state index in [1.54, 1.807) is 9.80 Å². The van der Waals surface area contributed by atoms with Gasteiger partial charge in [0, 0.05) is 39.6 Å². The second-order valence-electron chi connectivity index (χ2n) is 5.67. The first-order valence-corrected chi connectivity index (χ1v) is 7.54. The Labute approximate surface area is 124 Å². The minimum Gasteiger partial charge on any atom is -0.480 e. The molecule has 0 spiro atoms. The molecule has 7 nitrogen and oxygen atoms in total. The molecule has 0 aromatic carbocycles. The molecule has 0 bridgehead atoms. The molecule has 7 heteroatoms. The molecule has 2 rings (SSSR count). The summed E-state index contributed by atoms with van der Waals surface area (Å²) in [5.41, 5.74) is 0. The monoisotopic (exact) mass is 297 g/mol. The number of aliphatic carboxylic acids is 1. The van der Waals surface area contributed by atoms with E-state index >= 15 is 0 Å². The Balaban J connectivity index is 2.01. The molecule has 1 atom stereocenters. The molecular formula is C14H23N3O4. The number of piperidine rings is 1. The first-order chi connectivity index (χ1) is 10.0. The summed E-state index contributed by atoms with van der Waals surface area (Å²) in [6.07, 6.45) is 2.95. The number of likely N-dealkylation sites (tertiary alicyclic amines) is 1. The molecule has 2 saturated heterocycles. The van der Waals surface area contributed by atoms with Crippen LogP contribution < -0.4 is 0 Å². The normalized spacial score (nSPS) is 23.7. The number of carbonyl (C=O) groups is 3. The zero-order valence-corrected chi connectivity index (χ0v) is 12.5. The molecule has 2 heterocycles. The minimum atomic E-state index is -0.928. The Morgan fingerprint density at radius 2 is 1.57 bits per heavy atom. The van der Waals surface area contributed by atoms with Gasteiger partial charge in [-0.1, -0.05) is 0 Å². The van der Waals surface area contributed by atoms with Gasteiger partial charge in [0.15, 0.2) is 0 Å². The van der Waals surface area contributed by atoms with Crippen LogP contribution in [0, 0.1) is 0 Å². The number of carboxylic acids is 1. The van der Waals surface area contributed by atoms with Crippen molar-refractivity contribution in [1.82, 2.24) is 14.7 Å². The van der Waals surface area contributed by atoms with E-state index < -0.39 is 12.0 Å². The highest BCUT2D eigenvalue weighted by Crippen LogP contribution is 2.19. The van der Waals surface area contributed by atoms with Crippen LogP contribution in [0.25, 0.3) is 0 Å². The summed E-state index contributed by atoms with van der Waals surface area (Å²) in [5.74, 6) is -0.908. The number of carboxylic acid groups (broad SMARTS) is 1. The maximum Gasteiger partial charge on any atom is 0.326 e. The summed E-state index contributed by atoms with van der Waals surface area (Å²) in [6, 6.07) is -0.911. The summed E-state index contributed by atoms with van der Waals surface area (Å²) in [7, 11) is 0. The van der Waals surface area contributed by atoms with Gasteiger partial charge in [-0.3, -0.25) is 4.79 Å².